The van der Waals surface area contributed by atoms with Gasteiger partial charge in [-0.2, -0.15) is 5.10 Å². The van der Waals surface area contributed by atoms with Gasteiger partial charge in [0.1, 0.15) is 12.7 Å². The maximum Gasteiger partial charge on any atom is 0.138 e. The van der Waals surface area contributed by atoms with Crippen molar-refractivity contribution in [3.63, 3.8) is 0 Å². The normalized spacial score (nSPS) is 12.1. The van der Waals surface area contributed by atoms with Crippen LogP contribution in [-0.4, -0.2) is 14.8 Å². The molecule has 0 saturated heterocycles. The van der Waals surface area contributed by atoms with E-state index in [1.54, 1.807) is 11.0 Å². The molecule has 1 unspecified atom stereocenters. The minimum Gasteiger partial charge on any atom is -0.377 e. The SMILES string of the molecule is CC(Nc1cc(Cl)ccc1-n1cncn1)c1ccccc1. The van der Waals surface area contributed by atoms with E-state index in [4.69, 9.17) is 11.6 Å². The molecular formula is C16H15ClN4. The minimum atomic E-state index is 0.159. The van der Waals surface area contributed by atoms with Gasteiger partial charge in [0.05, 0.1) is 11.4 Å². The Bertz CT molecular complexity index is 710. The summed E-state index contributed by atoms with van der Waals surface area (Å²) in [5, 5.41) is 8.34. The van der Waals surface area contributed by atoms with E-state index in [2.05, 4.69) is 34.5 Å². The molecule has 1 N–H and O–H groups in total. The Kier molecular flexibility index (Phi) is 3.88. The van der Waals surface area contributed by atoms with Gasteiger partial charge in [-0.05, 0) is 30.7 Å². The molecule has 0 amide bonds. The molecule has 0 bridgehead atoms. The van der Waals surface area contributed by atoms with E-state index in [1.807, 2.05) is 36.4 Å². The van der Waals surface area contributed by atoms with Gasteiger partial charge in [-0.25, -0.2) is 9.67 Å². The van der Waals surface area contributed by atoms with Crippen LogP contribution >= 0.6 is 11.6 Å². The zero-order valence-corrected chi connectivity index (χ0v) is 12.3. The number of anilines is 1. The van der Waals surface area contributed by atoms with E-state index in [9.17, 15) is 0 Å². The van der Waals surface area contributed by atoms with E-state index < -0.39 is 0 Å². The molecular weight excluding hydrogens is 284 g/mol. The molecule has 5 heteroatoms. The van der Waals surface area contributed by atoms with E-state index in [0.29, 0.717) is 5.02 Å². The number of nitrogens with zero attached hydrogens (tertiary/aromatic N) is 3. The van der Waals surface area contributed by atoms with Crippen molar-refractivity contribution in [1.82, 2.24) is 14.8 Å². The maximum absolute atomic E-state index is 6.12. The lowest BCUT2D eigenvalue weighted by Crippen LogP contribution is -2.09. The first kappa shape index (κ1) is 13.6. The van der Waals surface area contributed by atoms with Gasteiger partial charge in [-0.15, -0.1) is 0 Å². The predicted octanol–water partition coefficient (Wildman–Crippen LogP) is 4.09. The molecule has 0 aliphatic carbocycles. The summed E-state index contributed by atoms with van der Waals surface area (Å²) in [5.41, 5.74) is 3.05. The summed E-state index contributed by atoms with van der Waals surface area (Å²) in [5.74, 6) is 0. The van der Waals surface area contributed by atoms with Gasteiger partial charge in [0.15, 0.2) is 0 Å². The molecule has 0 fully saturated rings. The summed E-state index contributed by atoms with van der Waals surface area (Å²) in [7, 11) is 0. The van der Waals surface area contributed by atoms with Crippen molar-refractivity contribution in [2.75, 3.05) is 5.32 Å². The molecule has 1 aromatic heterocycles. The number of hydrogen-bond donors (Lipinski definition) is 1. The fourth-order valence-corrected chi connectivity index (χ4v) is 2.39. The molecule has 3 aromatic rings. The number of hydrogen-bond acceptors (Lipinski definition) is 3. The highest BCUT2D eigenvalue weighted by atomic mass is 35.5. The second-order valence-corrected chi connectivity index (χ2v) is 5.21. The number of rotatable bonds is 4. The van der Waals surface area contributed by atoms with Gasteiger partial charge in [0.25, 0.3) is 0 Å². The largest absolute Gasteiger partial charge is 0.377 e. The van der Waals surface area contributed by atoms with Crippen molar-refractivity contribution in [2.45, 2.75) is 13.0 Å². The summed E-state index contributed by atoms with van der Waals surface area (Å²) in [4.78, 5) is 3.99. The van der Waals surface area contributed by atoms with Gasteiger partial charge in [0.2, 0.25) is 0 Å². The van der Waals surface area contributed by atoms with Gasteiger partial charge in [0, 0.05) is 11.1 Å². The molecule has 0 aliphatic heterocycles. The molecule has 21 heavy (non-hydrogen) atoms. The molecule has 0 radical (unpaired) electrons. The van der Waals surface area contributed by atoms with Crippen molar-refractivity contribution >= 4 is 17.3 Å². The summed E-state index contributed by atoms with van der Waals surface area (Å²) in [6.45, 7) is 2.11. The highest BCUT2D eigenvalue weighted by molar-refractivity contribution is 6.31. The lowest BCUT2D eigenvalue weighted by molar-refractivity contribution is 0.852. The van der Waals surface area contributed by atoms with Gasteiger partial charge < -0.3 is 5.32 Å². The molecule has 0 spiro atoms. The zero-order chi connectivity index (χ0) is 14.7. The van der Waals surface area contributed by atoms with Crippen LogP contribution in [0.25, 0.3) is 5.69 Å². The number of nitrogens with one attached hydrogen (secondary N) is 1. The first-order chi connectivity index (χ1) is 10.2. The fraction of sp³-hybridized carbons (Fsp3) is 0.125. The van der Waals surface area contributed by atoms with Crippen LogP contribution in [0.4, 0.5) is 5.69 Å². The van der Waals surface area contributed by atoms with Crippen LogP contribution in [-0.2, 0) is 0 Å². The predicted molar refractivity (Wildman–Crippen MR) is 84.8 cm³/mol. The van der Waals surface area contributed by atoms with Crippen molar-refractivity contribution in [3.05, 3.63) is 71.8 Å². The van der Waals surface area contributed by atoms with Gasteiger partial charge >= 0.3 is 0 Å². The Morgan fingerprint density at radius 1 is 1.14 bits per heavy atom. The average Bonchev–Trinajstić information content (AvgIpc) is 3.02. The molecule has 3 rings (SSSR count). The summed E-state index contributed by atoms with van der Waals surface area (Å²) >= 11 is 6.12. The Hall–Kier alpha value is -2.33. The second kappa shape index (κ2) is 5.97. The van der Waals surface area contributed by atoms with E-state index >= 15 is 0 Å². The summed E-state index contributed by atoms with van der Waals surface area (Å²) in [6, 6.07) is 16.1. The minimum absolute atomic E-state index is 0.159. The van der Waals surface area contributed by atoms with Crippen molar-refractivity contribution in [2.24, 2.45) is 0 Å². The Labute approximate surface area is 128 Å². The topological polar surface area (TPSA) is 42.7 Å². The van der Waals surface area contributed by atoms with Crippen LogP contribution < -0.4 is 5.32 Å². The van der Waals surface area contributed by atoms with E-state index in [1.165, 1.54) is 11.9 Å². The van der Waals surface area contributed by atoms with Crippen LogP contribution in [0, 0.1) is 0 Å². The smallest absolute Gasteiger partial charge is 0.138 e. The highest BCUT2D eigenvalue weighted by Gasteiger charge is 2.10. The lowest BCUT2D eigenvalue weighted by Gasteiger charge is -2.18. The third kappa shape index (κ3) is 3.06. The number of benzene rings is 2. The highest BCUT2D eigenvalue weighted by Crippen LogP contribution is 2.27. The van der Waals surface area contributed by atoms with E-state index in [-0.39, 0.29) is 6.04 Å². The van der Waals surface area contributed by atoms with Crippen molar-refractivity contribution < 1.29 is 0 Å². The van der Waals surface area contributed by atoms with Crippen molar-refractivity contribution in [1.29, 1.82) is 0 Å². The molecule has 4 nitrogen and oxygen atoms in total. The molecule has 0 aliphatic rings. The third-order valence-corrected chi connectivity index (χ3v) is 3.53. The Morgan fingerprint density at radius 2 is 1.95 bits per heavy atom. The second-order valence-electron chi connectivity index (χ2n) is 4.78. The molecule has 1 atom stereocenters. The lowest BCUT2D eigenvalue weighted by atomic mass is 10.1. The summed E-state index contributed by atoms with van der Waals surface area (Å²) in [6.07, 6.45) is 3.18. The van der Waals surface area contributed by atoms with Crippen molar-refractivity contribution in [3.8, 4) is 5.69 Å². The fourth-order valence-electron chi connectivity index (χ4n) is 2.21. The van der Waals surface area contributed by atoms with Gasteiger partial charge in [-0.1, -0.05) is 41.9 Å². The third-order valence-electron chi connectivity index (χ3n) is 3.30. The maximum atomic E-state index is 6.12. The quantitative estimate of drug-likeness (QED) is 0.789. The first-order valence-corrected chi connectivity index (χ1v) is 7.08. The molecule has 106 valence electrons. The zero-order valence-electron chi connectivity index (χ0n) is 11.6. The first-order valence-electron chi connectivity index (χ1n) is 6.70. The van der Waals surface area contributed by atoms with Gasteiger partial charge in [-0.3, -0.25) is 0 Å². The Morgan fingerprint density at radius 3 is 2.67 bits per heavy atom. The Balaban J connectivity index is 1.93. The standard InChI is InChI=1S/C16H15ClN4/c1-12(13-5-3-2-4-6-13)20-15-9-14(17)7-8-16(15)21-11-18-10-19-21/h2-12,20H,1H3. The van der Waals surface area contributed by atoms with Crippen LogP contribution in [0.15, 0.2) is 61.2 Å². The molecule has 0 saturated carbocycles. The van der Waals surface area contributed by atoms with Crippen LogP contribution in [0.3, 0.4) is 0 Å². The number of aromatic nitrogens is 3. The van der Waals surface area contributed by atoms with E-state index in [0.717, 1.165) is 11.4 Å². The van der Waals surface area contributed by atoms with Crippen LogP contribution in [0.5, 0.6) is 0 Å². The monoisotopic (exact) mass is 298 g/mol. The average molecular weight is 299 g/mol. The van der Waals surface area contributed by atoms with Crippen LogP contribution in [0.2, 0.25) is 5.02 Å². The number of halogens is 1. The molecule has 2 aromatic carbocycles. The summed E-state index contributed by atoms with van der Waals surface area (Å²) < 4.78 is 1.72. The molecule has 1 heterocycles. The van der Waals surface area contributed by atoms with Crippen LogP contribution in [0.1, 0.15) is 18.5 Å².